The number of nitrogens with zero attached hydrogens (tertiary/aromatic N) is 1. The van der Waals surface area contributed by atoms with Crippen molar-refractivity contribution in [3.63, 3.8) is 0 Å². The molecule has 4 heteroatoms. The number of aromatic nitrogens is 1. The van der Waals surface area contributed by atoms with Crippen molar-refractivity contribution in [3.8, 4) is 0 Å². The summed E-state index contributed by atoms with van der Waals surface area (Å²) in [7, 11) is 1.64. The van der Waals surface area contributed by atoms with E-state index in [2.05, 4.69) is 0 Å². The Hall–Kier alpha value is -1.58. The van der Waals surface area contributed by atoms with Crippen molar-refractivity contribution in [1.82, 2.24) is 4.57 Å². The minimum atomic E-state index is -1.02. The van der Waals surface area contributed by atoms with Crippen LogP contribution in [0.5, 0.6) is 0 Å². The molecule has 0 saturated heterocycles. The van der Waals surface area contributed by atoms with Crippen LogP contribution in [0.15, 0.2) is 12.3 Å². The van der Waals surface area contributed by atoms with Crippen molar-refractivity contribution in [2.24, 2.45) is 7.05 Å². The van der Waals surface area contributed by atoms with Crippen LogP contribution >= 0.6 is 0 Å². The number of carbonyl (C=O) groups excluding carboxylic acids is 1. The monoisotopic (exact) mass is 167 g/mol. The van der Waals surface area contributed by atoms with Crippen LogP contribution in [-0.2, 0) is 7.05 Å². The first kappa shape index (κ1) is 8.52. The lowest BCUT2D eigenvalue weighted by atomic mass is 10.2. The van der Waals surface area contributed by atoms with E-state index in [1.165, 1.54) is 23.8 Å². The average Bonchev–Trinajstić information content (AvgIpc) is 2.30. The molecule has 0 aliphatic heterocycles. The Morgan fingerprint density at radius 2 is 2.08 bits per heavy atom. The molecule has 0 bridgehead atoms. The second kappa shape index (κ2) is 2.81. The second-order valence-corrected chi connectivity index (χ2v) is 2.59. The van der Waals surface area contributed by atoms with Gasteiger partial charge in [0.05, 0.1) is 11.3 Å². The Kier molecular flexibility index (Phi) is 1.99. The second-order valence-electron chi connectivity index (χ2n) is 2.59. The van der Waals surface area contributed by atoms with Gasteiger partial charge in [0.15, 0.2) is 5.78 Å². The predicted octanol–water partition coefficient (Wildman–Crippen LogP) is 0.926. The zero-order chi connectivity index (χ0) is 9.30. The maximum Gasteiger partial charge on any atom is 0.337 e. The molecule has 0 spiro atoms. The lowest BCUT2D eigenvalue weighted by Gasteiger charge is -1.94. The highest BCUT2D eigenvalue weighted by Crippen LogP contribution is 2.07. The zero-order valence-corrected chi connectivity index (χ0v) is 6.87. The van der Waals surface area contributed by atoms with E-state index in [1.54, 1.807) is 7.05 Å². The third-order valence-electron chi connectivity index (χ3n) is 1.61. The smallest absolute Gasteiger partial charge is 0.337 e. The Morgan fingerprint density at radius 1 is 1.50 bits per heavy atom. The van der Waals surface area contributed by atoms with Crippen molar-refractivity contribution in [2.75, 3.05) is 0 Å². The molecule has 1 rings (SSSR count). The third kappa shape index (κ3) is 1.37. The Morgan fingerprint density at radius 3 is 2.33 bits per heavy atom. The van der Waals surface area contributed by atoms with Gasteiger partial charge in [-0.15, -0.1) is 0 Å². The van der Waals surface area contributed by atoms with Crippen LogP contribution in [0.4, 0.5) is 0 Å². The van der Waals surface area contributed by atoms with Crippen LogP contribution in [0.1, 0.15) is 27.8 Å². The highest BCUT2D eigenvalue weighted by Gasteiger charge is 2.11. The normalized spacial score (nSPS) is 9.83. The number of rotatable bonds is 2. The predicted molar refractivity (Wildman–Crippen MR) is 42.4 cm³/mol. The Bertz CT molecular complexity index is 338. The molecule has 1 heterocycles. The molecule has 0 aromatic carbocycles. The minimum Gasteiger partial charge on any atom is -0.478 e. The molecule has 0 amide bonds. The van der Waals surface area contributed by atoms with E-state index >= 15 is 0 Å². The van der Waals surface area contributed by atoms with Crippen LogP contribution < -0.4 is 0 Å². The Labute approximate surface area is 69.4 Å². The van der Waals surface area contributed by atoms with Crippen molar-refractivity contribution < 1.29 is 14.7 Å². The van der Waals surface area contributed by atoms with Gasteiger partial charge in [0.2, 0.25) is 0 Å². The largest absolute Gasteiger partial charge is 0.478 e. The first-order valence-electron chi connectivity index (χ1n) is 3.43. The summed E-state index contributed by atoms with van der Waals surface area (Å²) in [5.74, 6) is -1.15. The fraction of sp³-hybridized carbons (Fsp3) is 0.250. The number of ketones is 1. The van der Waals surface area contributed by atoms with E-state index in [1.807, 2.05) is 0 Å². The van der Waals surface area contributed by atoms with E-state index in [0.29, 0.717) is 5.69 Å². The van der Waals surface area contributed by atoms with Crippen molar-refractivity contribution in [2.45, 2.75) is 6.92 Å². The van der Waals surface area contributed by atoms with E-state index in [9.17, 15) is 9.59 Å². The fourth-order valence-corrected chi connectivity index (χ4v) is 1.03. The summed E-state index contributed by atoms with van der Waals surface area (Å²) in [6.45, 7) is 1.40. The summed E-state index contributed by atoms with van der Waals surface area (Å²) >= 11 is 0. The number of carboxylic acid groups (broad SMARTS) is 1. The lowest BCUT2D eigenvalue weighted by Crippen LogP contribution is -1.99. The summed E-state index contributed by atoms with van der Waals surface area (Å²) in [5, 5.41) is 8.58. The zero-order valence-electron chi connectivity index (χ0n) is 6.87. The maximum absolute atomic E-state index is 10.9. The summed E-state index contributed by atoms with van der Waals surface area (Å²) in [6.07, 6.45) is 1.42. The number of Topliss-reactive ketones (excluding diaryl/α,β-unsaturated/α-hetero) is 1. The highest BCUT2D eigenvalue weighted by molar-refractivity contribution is 5.96. The van der Waals surface area contributed by atoms with E-state index < -0.39 is 5.97 Å². The molecule has 12 heavy (non-hydrogen) atoms. The quantitative estimate of drug-likeness (QED) is 0.666. The first-order valence-corrected chi connectivity index (χ1v) is 3.43. The van der Waals surface area contributed by atoms with Crippen LogP contribution in [0.2, 0.25) is 0 Å². The van der Waals surface area contributed by atoms with Crippen LogP contribution in [0.25, 0.3) is 0 Å². The van der Waals surface area contributed by atoms with E-state index in [0.717, 1.165) is 0 Å². The molecule has 1 N–H and O–H groups in total. The van der Waals surface area contributed by atoms with E-state index in [-0.39, 0.29) is 11.3 Å². The topological polar surface area (TPSA) is 59.3 Å². The molecule has 64 valence electrons. The summed E-state index contributed by atoms with van der Waals surface area (Å²) in [4.78, 5) is 21.4. The number of aryl methyl sites for hydroxylation is 1. The molecule has 0 unspecified atom stereocenters. The molecule has 0 fully saturated rings. The summed E-state index contributed by atoms with van der Waals surface area (Å²) in [5.41, 5.74) is 0.551. The number of hydrogen-bond acceptors (Lipinski definition) is 2. The molecule has 0 radical (unpaired) electrons. The first-order chi connectivity index (χ1) is 5.52. The van der Waals surface area contributed by atoms with Gasteiger partial charge in [-0.2, -0.15) is 0 Å². The van der Waals surface area contributed by atoms with Gasteiger partial charge in [0.1, 0.15) is 0 Å². The molecular weight excluding hydrogens is 158 g/mol. The van der Waals surface area contributed by atoms with Gasteiger partial charge in [0.25, 0.3) is 0 Å². The van der Waals surface area contributed by atoms with Crippen molar-refractivity contribution in [1.29, 1.82) is 0 Å². The van der Waals surface area contributed by atoms with Gasteiger partial charge in [-0.3, -0.25) is 4.79 Å². The SMILES string of the molecule is CC(=O)c1cc(C(=O)O)cn1C. The third-order valence-corrected chi connectivity index (χ3v) is 1.61. The van der Waals surface area contributed by atoms with Gasteiger partial charge in [-0.1, -0.05) is 0 Å². The fourth-order valence-electron chi connectivity index (χ4n) is 1.03. The standard InChI is InChI=1S/C8H9NO3/c1-5(10)7-3-6(8(11)12)4-9(7)2/h3-4H,1-2H3,(H,11,12). The number of aromatic carboxylic acids is 1. The molecular formula is C8H9NO3. The van der Waals surface area contributed by atoms with Crippen LogP contribution in [0, 0.1) is 0 Å². The number of carboxylic acids is 1. The van der Waals surface area contributed by atoms with Crippen LogP contribution in [-0.4, -0.2) is 21.4 Å². The summed E-state index contributed by atoms with van der Waals surface area (Å²) < 4.78 is 1.51. The molecule has 0 aliphatic carbocycles. The van der Waals surface area contributed by atoms with Gasteiger partial charge in [-0.25, -0.2) is 4.79 Å². The van der Waals surface area contributed by atoms with Gasteiger partial charge in [-0.05, 0) is 6.07 Å². The van der Waals surface area contributed by atoms with Crippen LogP contribution in [0.3, 0.4) is 0 Å². The van der Waals surface area contributed by atoms with Gasteiger partial charge in [0, 0.05) is 20.2 Å². The molecule has 0 atom stereocenters. The molecule has 1 aromatic rings. The molecule has 0 aliphatic rings. The van der Waals surface area contributed by atoms with Gasteiger partial charge < -0.3 is 9.67 Å². The molecule has 0 saturated carbocycles. The maximum atomic E-state index is 10.9. The molecule has 4 nitrogen and oxygen atoms in total. The number of hydrogen-bond donors (Lipinski definition) is 1. The van der Waals surface area contributed by atoms with Gasteiger partial charge >= 0.3 is 5.97 Å². The summed E-state index contributed by atoms with van der Waals surface area (Å²) in [6, 6.07) is 1.37. The number of carbonyl (C=O) groups is 2. The molecule has 1 aromatic heterocycles. The average molecular weight is 167 g/mol. The van der Waals surface area contributed by atoms with Crippen molar-refractivity contribution >= 4 is 11.8 Å². The van der Waals surface area contributed by atoms with Crippen molar-refractivity contribution in [3.05, 3.63) is 23.5 Å². The highest BCUT2D eigenvalue weighted by atomic mass is 16.4. The Balaban J connectivity index is 3.17. The lowest BCUT2D eigenvalue weighted by molar-refractivity contribution is 0.0697. The minimum absolute atomic E-state index is 0.134. The van der Waals surface area contributed by atoms with E-state index in [4.69, 9.17) is 5.11 Å².